The highest BCUT2D eigenvalue weighted by atomic mass is 32.2. The number of methoxy groups -OCH3 is 1. The number of nitrogens with zero attached hydrogens (tertiary/aromatic N) is 4. The summed E-state index contributed by atoms with van der Waals surface area (Å²) in [6, 6.07) is 5.30. The van der Waals surface area contributed by atoms with Gasteiger partial charge in [-0.15, -0.1) is 16.9 Å². The molecule has 3 heterocycles. The maximum atomic E-state index is 14.7. The average Bonchev–Trinajstić information content (AvgIpc) is 3.46. The van der Waals surface area contributed by atoms with Crippen LogP contribution in [-0.4, -0.2) is 84.3 Å². The first-order chi connectivity index (χ1) is 20.4. The number of alkyl halides is 2. The van der Waals surface area contributed by atoms with Crippen molar-refractivity contribution >= 4 is 11.8 Å². The van der Waals surface area contributed by atoms with Gasteiger partial charge in [0.1, 0.15) is 35.5 Å². The number of rotatable bonds is 8. The van der Waals surface area contributed by atoms with Crippen molar-refractivity contribution < 1.29 is 42.4 Å². The van der Waals surface area contributed by atoms with Gasteiger partial charge >= 0.3 is 0 Å². The Labute approximate surface area is 250 Å². The summed E-state index contributed by atoms with van der Waals surface area (Å²) in [7, 11) is 1.38. The van der Waals surface area contributed by atoms with Gasteiger partial charge in [0.05, 0.1) is 29.3 Å². The molecule has 9 nitrogen and oxygen atoms in total. The minimum absolute atomic E-state index is 0.00845. The molecule has 2 fully saturated rings. The minimum Gasteiger partial charge on any atom is -0.394 e. The third-order valence-electron chi connectivity index (χ3n) is 8.37. The number of hydrogen-bond donors (Lipinski definition) is 3. The number of aryl methyl sites for hydroxylation is 2. The third kappa shape index (κ3) is 6.18. The van der Waals surface area contributed by atoms with Crippen LogP contribution in [0.3, 0.4) is 0 Å². The largest absolute Gasteiger partial charge is 0.394 e. The highest BCUT2D eigenvalue weighted by molar-refractivity contribution is 8.00. The number of ether oxygens (including phenoxy) is 2. The van der Waals surface area contributed by atoms with E-state index in [2.05, 4.69) is 15.3 Å². The molecule has 3 aromatic rings. The molecule has 3 N–H and O–H groups in total. The number of benzene rings is 1. The zero-order chi connectivity index (χ0) is 31.1. The molecule has 0 amide bonds. The molecule has 1 aromatic carbocycles. The van der Waals surface area contributed by atoms with E-state index in [9.17, 15) is 32.9 Å². The van der Waals surface area contributed by atoms with Crippen LogP contribution in [0.5, 0.6) is 0 Å². The lowest BCUT2D eigenvalue weighted by Crippen LogP contribution is -2.56. The Hall–Kier alpha value is -2.62. The van der Waals surface area contributed by atoms with Crippen LogP contribution in [0.15, 0.2) is 36.7 Å². The first-order valence-electron chi connectivity index (χ1n) is 13.9. The lowest BCUT2D eigenvalue weighted by atomic mass is 9.79. The van der Waals surface area contributed by atoms with Gasteiger partial charge < -0.3 is 24.8 Å². The summed E-state index contributed by atoms with van der Waals surface area (Å²) in [6.45, 7) is 2.65. The van der Waals surface area contributed by atoms with Crippen molar-refractivity contribution in [2.24, 2.45) is 0 Å². The number of halogens is 4. The molecule has 1 aliphatic heterocycles. The molecule has 234 valence electrons. The minimum atomic E-state index is -2.89. The number of aliphatic hydroxyl groups excluding tert-OH is 2. The highest BCUT2D eigenvalue weighted by Gasteiger charge is 2.53. The van der Waals surface area contributed by atoms with Crippen LogP contribution in [0.1, 0.15) is 53.8 Å². The molecular weight excluding hydrogens is 592 g/mol. The summed E-state index contributed by atoms with van der Waals surface area (Å²) in [5, 5.41) is 40.4. The van der Waals surface area contributed by atoms with Gasteiger partial charge in [-0.2, -0.15) is 0 Å². The molecule has 5 rings (SSSR count). The molecule has 2 aliphatic rings. The van der Waals surface area contributed by atoms with Crippen molar-refractivity contribution in [3.05, 3.63) is 65.1 Å². The topological polar surface area (TPSA) is 123 Å². The molecule has 14 heteroatoms. The number of aliphatic hydroxyl groups is 3. The second kappa shape index (κ2) is 12.4. The number of hydrogen-bond acceptors (Lipinski definition) is 9. The molecular formula is C29H34F4N4O5S. The first kappa shape index (κ1) is 31.8. The Balaban J connectivity index is 1.51. The molecule has 1 saturated carbocycles. The normalized spacial score (nSPS) is 27.6. The fourth-order valence-electron chi connectivity index (χ4n) is 5.78. The van der Waals surface area contributed by atoms with Gasteiger partial charge in [0.2, 0.25) is 5.92 Å². The Morgan fingerprint density at radius 1 is 1.12 bits per heavy atom. The Morgan fingerprint density at radius 3 is 2.49 bits per heavy atom. The van der Waals surface area contributed by atoms with Crippen LogP contribution in [0.2, 0.25) is 0 Å². The quantitative estimate of drug-likeness (QED) is 0.315. The molecule has 0 radical (unpaired) electrons. The van der Waals surface area contributed by atoms with Crippen molar-refractivity contribution in [2.75, 3.05) is 13.7 Å². The van der Waals surface area contributed by atoms with Crippen molar-refractivity contribution in [1.29, 1.82) is 0 Å². The van der Waals surface area contributed by atoms with Gasteiger partial charge in [0.15, 0.2) is 11.6 Å². The molecule has 43 heavy (non-hydrogen) atoms. The number of pyridine rings is 1. The summed E-state index contributed by atoms with van der Waals surface area (Å²) in [5.41, 5.74) is -1.30. The van der Waals surface area contributed by atoms with E-state index in [4.69, 9.17) is 9.47 Å². The van der Waals surface area contributed by atoms with E-state index in [1.807, 2.05) is 0 Å². The van der Waals surface area contributed by atoms with Crippen LogP contribution in [0, 0.1) is 25.5 Å². The van der Waals surface area contributed by atoms with Crippen molar-refractivity contribution in [2.45, 2.75) is 86.1 Å². The van der Waals surface area contributed by atoms with Crippen LogP contribution in [0.25, 0.3) is 11.3 Å². The summed E-state index contributed by atoms with van der Waals surface area (Å²) >= 11 is 1.10. The number of aromatic nitrogens is 4. The Morgan fingerprint density at radius 2 is 1.84 bits per heavy atom. The van der Waals surface area contributed by atoms with E-state index in [1.54, 1.807) is 25.3 Å². The van der Waals surface area contributed by atoms with E-state index in [0.29, 0.717) is 5.69 Å². The van der Waals surface area contributed by atoms with E-state index < -0.39 is 77.6 Å². The average molecular weight is 627 g/mol. The zero-order valence-corrected chi connectivity index (χ0v) is 24.6. The van der Waals surface area contributed by atoms with Gasteiger partial charge in [-0.3, -0.25) is 4.98 Å². The van der Waals surface area contributed by atoms with Crippen LogP contribution in [-0.2, 0) is 9.47 Å². The van der Waals surface area contributed by atoms with Gasteiger partial charge in [0, 0.05) is 31.7 Å². The molecule has 1 unspecified atom stereocenters. The molecule has 1 saturated heterocycles. The summed E-state index contributed by atoms with van der Waals surface area (Å²) in [4.78, 5) is 4.48. The number of thioether (sulfide) groups is 1. The van der Waals surface area contributed by atoms with Gasteiger partial charge in [-0.25, -0.2) is 22.2 Å². The summed E-state index contributed by atoms with van der Waals surface area (Å²) < 4.78 is 70.4. The molecule has 0 spiro atoms. The maximum Gasteiger partial charge on any atom is 0.248 e. The first-order valence-corrected chi connectivity index (χ1v) is 14.8. The molecule has 0 bridgehead atoms. The Kier molecular flexibility index (Phi) is 9.17. The second-order valence-electron chi connectivity index (χ2n) is 11.2. The van der Waals surface area contributed by atoms with Crippen molar-refractivity contribution in [3.8, 4) is 11.3 Å². The van der Waals surface area contributed by atoms with Crippen molar-refractivity contribution in [1.82, 2.24) is 20.0 Å². The Bertz CT molecular complexity index is 1440. The predicted octanol–water partition coefficient (Wildman–Crippen LogP) is 4.28. The van der Waals surface area contributed by atoms with Crippen LogP contribution in [0.4, 0.5) is 17.6 Å². The monoisotopic (exact) mass is 626 g/mol. The molecule has 1 aliphatic carbocycles. The second-order valence-corrected chi connectivity index (χ2v) is 12.4. The van der Waals surface area contributed by atoms with E-state index in [-0.39, 0.29) is 29.7 Å². The fraction of sp³-hybridized carbons (Fsp3) is 0.552. The SMILES string of the molecule is CO[C@@H]1[C@@H](n2cc(-c3ccc(C)c(F)c3F)nn2)[C@@H](O)[C@@H](CO)O[C@H]1SC(c1ncccc1C)C1(O)CCC(F)(F)CC1. The zero-order valence-electron chi connectivity index (χ0n) is 23.8. The third-order valence-corrected chi connectivity index (χ3v) is 9.95. The lowest BCUT2D eigenvalue weighted by molar-refractivity contribution is -0.186. The van der Waals surface area contributed by atoms with Crippen LogP contribution >= 0.6 is 11.8 Å². The summed E-state index contributed by atoms with van der Waals surface area (Å²) in [6.07, 6.45) is -1.94. The lowest BCUT2D eigenvalue weighted by Gasteiger charge is -2.47. The van der Waals surface area contributed by atoms with Crippen LogP contribution < -0.4 is 0 Å². The molecule has 2 aromatic heterocycles. The van der Waals surface area contributed by atoms with E-state index >= 15 is 0 Å². The fourth-order valence-corrected chi connectivity index (χ4v) is 7.54. The standard InChI is InChI=1S/C29H34F4N4O5S/c1-15-6-7-17(21(31)20(15)30)18-13-37(36-35-18)23-24(39)19(14-38)42-27(25(23)41-3)43-26(22-16(2)5-4-12-34-22)28(40)8-10-29(32,33)11-9-28/h4-7,12-13,19,23-27,38-40H,8-11,14H2,1-3H3/t19-,23+,24+,25-,26?,27+/m1/s1. The highest BCUT2D eigenvalue weighted by Crippen LogP contribution is 2.53. The van der Waals surface area contributed by atoms with Gasteiger partial charge in [0.25, 0.3) is 0 Å². The predicted molar refractivity (Wildman–Crippen MR) is 149 cm³/mol. The van der Waals surface area contributed by atoms with Crippen molar-refractivity contribution in [3.63, 3.8) is 0 Å². The van der Waals surface area contributed by atoms with Gasteiger partial charge in [-0.05, 0) is 49.9 Å². The van der Waals surface area contributed by atoms with E-state index in [0.717, 1.165) is 17.3 Å². The van der Waals surface area contributed by atoms with E-state index in [1.165, 1.54) is 37.0 Å². The molecule has 6 atom stereocenters. The van der Waals surface area contributed by atoms with Gasteiger partial charge in [-0.1, -0.05) is 17.3 Å². The maximum absolute atomic E-state index is 14.7. The summed E-state index contributed by atoms with van der Waals surface area (Å²) in [5.74, 6) is -5.00. The smallest absolute Gasteiger partial charge is 0.248 e.